The van der Waals surface area contributed by atoms with Crippen molar-refractivity contribution < 1.29 is 18.7 Å². The number of aromatic nitrogens is 1. The molecule has 1 N–H and O–H groups in total. The highest BCUT2D eigenvalue weighted by Gasteiger charge is 2.33. The van der Waals surface area contributed by atoms with Gasteiger partial charge in [0.2, 0.25) is 5.91 Å². The number of hydrogen-bond acceptors (Lipinski definition) is 3. The summed E-state index contributed by atoms with van der Waals surface area (Å²) in [6.07, 6.45) is 1.96. The number of amides is 3. The predicted molar refractivity (Wildman–Crippen MR) is 123 cm³/mol. The van der Waals surface area contributed by atoms with E-state index in [4.69, 9.17) is 4.74 Å². The van der Waals surface area contributed by atoms with E-state index in [-0.39, 0.29) is 30.8 Å². The van der Waals surface area contributed by atoms with Gasteiger partial charge in [0.1, 0.15) is 12.4 Å². The molecule has 1 unspecified atom stereocenters. The molecular weight excluding hydrogens is 423 g/mol. The highest BCUT2D eigenvalue weighted by Crippen LogP contribution is 2.32. The van der Waals surface area contributed by atoms with Gasteiger partial charge in [0.05, 0.1) is 12.6 Å². The zero-order valence-corrected chi connectivity index (χ0v) is 18.5. The van der Waals surface area contributed by atoms with Crippen LogP contribution in [0.25, 0.3) is 0 Å². The van der Waals surface area contributed by atoms with Crippen LogP contribution in [-0.2, 0) is 16.1 Å². The third-order valence-corrected chi connectivity index (χ3v) is 5.73. The number of carbonyl (C=O) groups is 2. The summed E-state index contributed by atoms with van der Waals surface area (Å²) in [5.41, 5.74) is 2.25. The second-order valence-electron chi connectivity index (χ2n) is 7.88. The van der Waals surface area contributed by atoms with E-state index in [1.54, 1.807) is 30.2 Å². The fraction of sp³-hybridized carbons (Fsp3) is 0.280. The van der Waals surface area contributed by atoms with Gasteiger partial charge in [-0.3, -0.25) is 4.79 Å². The lowest BCUT2D eigenvalue weighted by Crippen LogP contribution is -2.49. The van der Waals surface area contributed by atoms with Gasteiger partial charge in [-0.1, -0.05) is 30.3 Å². The van der Waals surface area contributed by atoms with Gasteiger partial charge >= 0.3 is 6.03 Å². The number of fused-ring (bicyclic) bond motifs is 1. The minimum Gasteiger partial charge on any atom is -0.383 e. The topological polar surface area (TPSA) is 66.8 Å². The fourth-order valence-electron chi connectivity index (χ4n) is 4.11. The molecule has 3 aromatic rings. The summed E-state index contributed by atoms with van der Waals surface area (Å²) in [4.78, 5) is 29.6. The molecule has 0 radical (unpaired) electrons. The molecule has 1 atom stereocenters. The Balaban J connectivity index is 1.56. The summed E-state index contributed by atoms with van der Waals surface area (Å²) in [5.74, 6) is -0.566. The van der Waals surface area contributed by atoms with E-state index in [1.165, 1.54) is 17.0 Å². The summed E-state index contributed by atoms with van der Waals surface area (Å²) in [5, 5.41) is 2.83. The lowest BCUT2D eigenvalue weighted by Gasteiger charge is -2.38. The number of nitrogens with one attached hydrogen (secondary N) is 1. The number of nitrogens with zero attached hydrogens (tertiary/aromatic N) is 3. The number of benzene rings is 2. The number of hydrogen-bond donors (Lipinski definition) is 1. The maximum absolute atomic E-state index is 14.0. The lowest BCUT2D eigenvalue weighted by molar-refractivity contribution is -0.134. The molecule has 2 heterocycles. The second-order valence-corrected chi connectivity index (χ2v) is 7.88. The van der Waals surface area contributed by atoms with Crippen LogP contribution >= 0.6 is 0 Å². The normalized spacial score (nSPS) is 15.1. The van der Waals surface area contributed by atoms with Gasteiger partial charge in [-0.15, -0.1) is 0 Å². The van der Waals surface area contributed by atoms with Crippen molar-refractivity contribution in [1.82, 2.24) is 14.4 Å². The van der Waals surface area contributed by atoms with Crippen molar-refractivity contribution in [2.45, 2.75) is 12.6 Å². The number of anilines is 1. The third-order valence-electron chi connectivity index (χ3n) is 5.73. The van der Waals surface area contributed by atoms with Gasteiger partial charge in [0.15, 0.2) is 0 Å². The Labute approximate surface area is 192 Å². The van der Waals surface area contributed by atoms with Crippen LogP contribution in [-0.4, -0.2) is 59.7 Å². The van der Waals surface area contributed by atoms with Crippen molar-refractivity contribution in [2.75, 3.05) is 38.7 Å². The van der Waals surface area contributed by atoms with E-state index in [2.05, 4.69) is 9.88 Å². The number of methoxy groups -OCH3 is 1. The third kappa shape index (κ3) is 5.23. The van der Waals surface area contributed by atoms with E-state index in [1.807, 2.05) is 42.6 Å². The van der Waals surface area contributed by atoms with Crippen LogP contribution in [0.2, 0.25) is 0 Å². The number of ether oxygens (including phenoxy) is 1. The zero-order valence-electron chi connectivity index (χ0n) is 18.5. The van der Waals surface area contributed by atoms with Gasteiger partial charge in [0.25, 0.3) is 0 Å². The molecule has 33 heavy (non-hydrogen) atoms. The standard InChI is InChI=1S/C25H27FN4O3/c1-33-16-15-29(25(32)27-21-9-3-2-4-10-21)18-23(31)30-14-13-28-12-6-11-22(28)24(30)19-7-5-8-20(26)17-19/h2-12,17,24H,13-16,18H2,1H3,(H,27,32). The molecule has 0 fully saturated rings. The van der Waals surface area contributed by atoms with E-state index in [9.17, 15) is 14.0 Å². The largest absolute Gasteiger partial charge is 0.383 e. The van der Waals surface area contributed by atoms with Crippen LogP contribution < -0.4 is 5.32 Å². The summed E-state index contributed by atoms with van der Waals surface area (Å²) in [6.45, 7) is 1.53. The van der Waals surface area contributed by atoms with Crippen molar-refractivity contribution in [3.8, 4) is 0 Å². The van der Waals surface area contributed by atoms with Gasteiger partial charge in [-0.05, 0) is 42.0 Å². The Kier molecular flexibility index (Phi) is 7.04. The number of urea groups is 1. The van der Waals surface area contributed by atoms with Crippen molar-refractivity contribution in [1.29, 1.82) is 0 Å². The number of carbonyl (C=O) groups excluding carboxylic acids is 2. The van der Waals surface area contributed by atoms with E-state index in [0.29, 0.717) is 30.9 Å². The quantitative estimate of drug-likeness (QED) is 0.596. The first-order valence-electron chi connectivity index (χ1n) is 10.9. The van der Waals surface area contributed by atoms with Crippen LogP contribution in [0.15, 0.2) is 72.9 Å². The summed E-state index contributed by atoms with van der Waals surface area (Å²) in [7, 11) is 1.55. The first-order valence-corrected chi connectivity index (χ1v) is 10.9. The Morgan fingerprint density at radius 3 is 2.67 bits per heavy atom. The lowest BCUT2D eigenvalue weighted by atomic mass is 9.99. The molecular formula is C25H27FN4O3. The van der Waals surface area contributed by atoms with E-state index in [0.717, 1.165) is 5.69 Å². The van der Waals surface area contributed by atoms with Gasteiger partial charge in [0, 0.05) is 44.3 Å². The average Bonchev–Trinajstić information content (AvgIpc) is 3.30. The van der Waals surface area contributed by atoms with E-state index < -0.39 is 6.04 Å². The van der Waals surface area contributed by atoms with E-state index >= 15 is 0 Å². The van der Waals surface area contributed by atoms with Crippen molar-refractivity contribution in [2.24, 2.45) is 0 Å². The Hall–Kier alpha value is -3.65. The van der Waals surface area contributed by atoms with Crippen LogP contribution in [0, 0.1) is 5.82 Å². The molecule has 0 saturated carbocycles. The maximum Gasteiger partial charge on any atom is 0.322 e. The minimum atomic E-state index is -0.432. The highest BCUT2D eigenvalue weighted by atomic mass is 19.1. The first kappa shape index (κ1) is 22.5. The Bertz CT molecular complexity index is 1100. The molecule has 1 aliphatic rings. The predicted octanol–water partition coefficient (Wildman–Crippen LogP) is 3.74. The molecule has 3 amide bonds. The van der Waals surface area contributed by atoms with Gasteiger partial charge < -0.3 is 24.4 Å². The monoisotopic (exact) mass is 450 g/mol. The van der Waals surface area contributed by atoms with Gasteiger partial charge in [-0.25, -0.2) is 9.18 Å². The Morgan fingerprint density at radius 2 is 1.91 bits per heavy atom. The second kappa shape index (κ2) is 10.3. The highest BCUT2D eigenvalue weighted by molar-refractivity contribution is 5.92. The average molecular weight is 451 g/mol. The molecule has 4 rings (SSSR count). The molecule has 1 aromatic heterocycles. The van der Waals surface area contributed by atoms with Crippen molar-refractivity contribution in [3.05, 3.63) is 90.0 Å². The molecule has 7 nitrogen and oxygen atoms in total. The molecule has 0 spiro atoms. The number of halogens is 1. The van der Waals surface area contributed by atoms with Crippen molar-refractivity contribution >= 4 is 17.6 Å². The molecule has 0 bridgehead atoms. The molecule has 1 aliphatic heterocycles. The molecule has 0 saturated heterocycles. The Morgan fingerprint density at radius 1 is 1.09 bits per heavy atom. The van der Waals surface area contributed by atoms with Crippen molar-refractivity contribution in [3.63, 3.8) is 0 Å². The SMILES string of the molecule is COCCN(CC(=O)N1CCn2cccc2C1c1cccc(F)c1)C(=O)Nc1ccccc1. The van der Waals surface area contributed by atoms with Crippen LogP contribution in [0.4, 0.5) is 14.9 Å². The molecule has 172 valence electrons. The summed E-state index contributed by atoms with van der Waals surface area (Å²) >= 11 is 0. The maximum atomic E-state index is 14.0. The summed E-state index contributed by atoms with van der Waals surface area (Å²) < 4.78 is 21.3. The summed E-state index contributed by atoms with van der Waals surface area (Å²) in [6, 6.07) is 18.5. The van der Waals surface area contributed by atoms with Gasteiger partial charge in [-0.2, -0.15) is 0 Å². The van der Waals surface area contributed by atoms with Crippen LogP contribution in [0.3, 0.4) is 0 Å². The first-order chi connectivity index (χ1) is 16.1. The fourth-order valence-corrected chi connectivity index (χ4v) is 4.11. The minimum absolute atomic E-state index is 0.117. The smallest absolute Gasteiger partial charge is 0.322 e. The number of para-hydroxylation sites is 1. The van der Waals surface area contributed by atoms with Crippen LogP contribution in [0.1, 0.15) is 17.3 Å². The van der Waals surface area contributed by atoms with Crippen LogP contribution in [0.5, 0.6) is 0 Å². The molecule has 2 aromatic carbocycles. The molecule has 8 heteroatoms. The molecule has 0 aliphatic carbocycles. The zero-order chi connectivity index (χ0) is 23.2. The number of rotatable bonds is 7.